The van der Waals surface area contributed by atoms with E-state index in [4.69, 9.17) is 5.26 Å². The Kier molecular flexibility index (Phi) is 3.03. The van der Waals surface area contributed by atoms with Crippen LogP contribution in [-0.2, 0) is 16.4 Å². The van der Waals surface area contributed by atoms with Crippen LogP contribution in [0.25, 0.3) is 0 Å². The van der Waals surface area contributed by atoms with Crippen molar-refractivity contribution in [3.8, 4) is 6.07 Å². The van der Waals surface area contributed by atoms with E-state index in [0.29, 0.717) is 6.54 Å². The van der Waals surface area contributed by atoms with E-state index in [9.17, 15) is 13.2 Å². The van der Waals surface area contributed by atoms with Gasteiger partial charge in [0.15, 0.2) is 0 Å². The first-order valence-electron chi connectivity index (χ1n) is 5.63. The highest BCUT2D eigenvalue weighted by molar-refractivity contribution is 7.90. The summed E-state index contributed by atoms with van der Waals surface area (Å²) in [7, 11) is -3.05. The third-order valence-corrected chi connectivity index (χ3v) is 4.31. The second-order valence-corrected chi connectivity index (χ2v) is 7.18. The molecule has 1 fully saturated rings. The van der Waals surface area contributed by atoms with Gasteiger partial charge in [-0.3, -0.25) is 4.79 Å². The lowest BCUT2D eigenvalue weighted by molar-refractivity contribution is 0.451. The Labute approximate surface area is 106 Å². The maximum absolute atomic E-state index is 11.9. The second-order valence-electron chi connectivity index (χ2n) is 5.04. The molecule has 6 heteroatoms. The zero-order valence-corrected chi connectivity index (χ0v) is 10.9. The molecule has 1 aliphatic carbocycles. The number of hydrogen-bond donors (Lipinski definition) is 0. The van der Waals surface area contributed by atoms with Crippen molar-refractivity contribution < 1.29 is 8.42 Å². The average Bonchev–Trinajstić information content (AvgIpc) is 2.98. The minimum Gasteiger partial charge on any atom is -0.314 e. The van der Waals surface area contributed by atoms with Crippen molar-refractivity contribution in [1.82, 2.24) is 4.57 Å². The van der Waals surface area contributed by atoms with Gasteiger partial charge in [0.1, 0.15) is 21.5 Å². The summed E-state index contributed by atoms with van der Waals surface area (Å²) in [6, 6.07) is 4.94. The molecule has 0 bridgehead atoms. The summed E-state index contributed by atoms with van der Waals surface area (Å²) < 4.78 is 24.1. The van der Waals surface area contributed by atoms with Gasteiger partial charge < -0.3 is 4.57 Å². The number of rotatable bonds is 4. The van der Waals surface area contributed by atoms with E-state index in [1.807, 2.05) is 6.07 Å². The predicted molar refractivity (Wildman–Crippen MR) is 66.8 cm³/mol. The van der Waals surface area contributed by atoms with Gasteiger partial charge in [0.25, 0.3) is 5.56 Å². The van der Waals surface area contributed by atoms with Crippen LogP contribution in [0, 0.1) is 16.7 Å². The number of pyridine rings is 1. The van der Waals surface area contributed by atoms with E-state index in [2.05, 4.69) is 0 Å². The largest absolute Gasteiger partial charge is 0.314 e. The van der Waals surface area contributed by atoms with Crippen molar-refractivity contribution in [2.45, 2.75) is 19.4 Å². The fourth-order valence-electron chi connectivity index (χ4n) is 2.19. The summed E-state index contributed by atoms with van der Waals surface area (Å²) in [5, 5.41) is 8.78. The van der Waals surface area contributed by atoms with Crippen LogP contribution >= 0.6 is 0 Å². The van der Waals surface area contributed by atoms with Gasteiger partial charge in [-0.25, -0.2) is 8.42 Å². The van der Waals surface area contributed by atoms with Gasteiger partial charge in [0.2, 0.25) is 0 Å². The van der Waals surface area contributed by atoms with Crippen molar-refractivity contribution >= 4 is 9.84 Å². The van der Waals surface area contributed by atoms with Gasteiger partial charge in [-0.2, -0.15) is 5.26 Å². The van der Waals surface area contributed by atoms with Crippen LogP contribution in [0.15, 0.2) is 23.1 Å². The highest BCUT2D eigenvalue weighted by Crippen LogP contribution is 2.47. The van der Waals surface area contributed by atoms with E-state index in [1.165, 1.54) is 16.9 Å². The molecule has 1 saturated carbocycles. The number of aromatic nitrogens is 1. The highest BCUT2D eigenvalue weighted by atomic mass is 32.2. The smallest absolute Gasteiger partial charge is 0.268 e. The third kappa shape index (κ3) is 2.79. The zero-order valence-electron chi connectivity index (χ0n) is 10.1. The van der Waals surface area contributed by atoms with E-state index < -0.39 is 9.84 Å². The highest BCUT2D eigenvalue weighted by Gasteiger charge is 2.45. The van der Waals surface area contributed by atoms with E-state index in [1.54, 1.807) is 12.3 Å². The second kappa shape index (κ2) is 4.25. The quantitative estimate of drug-likeness (QED) is 0.797. The molecule has 18 heavy (non-hydrogen) atoms. The van der Waals surface area contributed by atoms with Crippen molar-refractivity contribution in [2.24, 2.45) is 5.41 Å². The molecule has 0 atom stereocenters. The van der Waals surface area contributed by atoms with Crippen LogP contribution in [0.4, 0.5) is 0 Å². The third-order valence-electron chi connectivity index (χ3n) is 3.17. The van der Waals surface area contributed by atoms with Gasteiger partial charge in [0.05, 0.1) is 5.75 Å². The molecule has 96 valence electrons. The summed E-state index contributed by atoms with van der Waals surface area (Å²) in [5.74, 6) is 0.100. The predicted octanol–water partition coefficient (Wildman–Crippen LogP) is 0.545. The molecular formula is C12H14N2O3S. The first kappa shape index (κ1) is 12.8. The normalized spacial score (nSPS) is 17.1. The molecule has 5 nitrogen and oxygen atoms in total. The van der Waals surface area contributed by atoms with Crippen molar-refractivity contribution in [3.63, 3.8) is 0 Å². The molecule has 0 aromatic carbocycles. The molecule has 1 aromatic heterocycles. The lowest BCUT2D eigenvalue weighted by Gasteiger charge is -2.15. The van der Waals surface area contributed by atoms with Crippen molar-refractivity contribution in [3.05, 3.63) is 34.2 Å². The molecule has 0 amide bonds. The molecule has 2 rings (SSSR count). The monoisotopic (exact) mass is 266 g/mol. The van der Waals surface area contributed by atoms with E-state index >= 15 is 0 Å². The Morgan fingerprint density at radius 3 is 2.67 bits per heavy atom. The Balaban J connectivity index is 2.26. The molecule has 0 spiro atoms. The Bertz CT molecular complexity index is 663. The number of nitrogens with zero attached hydrogens (tertiary/aromatic N) is 2. The summed E-state index contributed by atoms with van der Waals surface area (Å²) in [6.45, 7) is 0.369. The summed E-state index contributed by atoms with van der Waals surface area (Å²) >= 11 is 0. The average molecular weight is 266 g/mol. The molecule has 0 unspecified atom stereocenters. The zero-order chi connectivity index (χ0) is 13.4. The minimum atomic E-state index is -3.05. The first-order chi connectivity index (χ1) is 8.35. The van der Waals surface area contributed by atoms with Crippen LogP contribution < -0.4 is 5.56 Å². The maximum atomic E-state index is 11.9. The van der Waals surface area contributed by atoms with Crippen LogP contribution in [-0.4, -0.2) is 25.0 Å². The number of hydrogen-bond acceptors (Lipinski definition) is 4. The van der Waals surface area contributed by atoms with Crippen LogP contribution in [0.2, 0.25) is 0 Å². The SMILES string of the molecule is CS(=O)(=O)CC1(Cn2cccc(C#N)c2=O)CC1. The lowest BCUT2D eigenvalue weighted by atomic mass is 10.1. The minimum absolute atomic E-state index is 0.0904. The maximum Gasteiger partial charge on any atom is 0.268 e. The summed E-state index contributed by atoms with van der Waals surface area (Å²) in [6.07, 6.45) is 4.43. The van der Waals surface area contributed by atoms with Gasteiger partial charge in [-0.05, 0) is 25.0 Å². The number of nitriles is 1. The fraction of sp³-hybridized carbons (Fsp3) is 0.500. The van der Waals surface area contributed by atoms with Crippen LogP contribution in [0.3, 0.4) is 0 Å². The van der Waals surface area contributed by atoms with Crippen LogP contribution in [0.5, 0.6) is 0 Å². The summed E-state index contributed by atoms with van der Waals surface area (Å²) in [4.78, 5) is 11.9. The van der Waals surface area contributed by atoms with Gasteiger partial charge in [0, 0.05) is 24.4 Å². The van der Waals surface area contributed by atoms with E-state index in [-0.39, 0.29) is 22.3 Å². The number of sulfone groups is 1. The summed E-state index contributed by atoms with van der Waals surface area (Å²) in [5.41, 5.74) is -0.571. The Morgan fingerprint density at radius 1 is 1.50 bits per heavy atom. The van der Waals surface area contributed by atoms with Crippen molar-refractivity contribution in [2.75, 3.05) is 12.0 Å². The molecular weight excluding hydrogens is 252 g/mol. The topological polar surface area (TPSA) is 79.9 Å². The van der Waals surface area contributed by atoms with Gasteiger partial charge in [-0.1, -0.05) is 0 Å². The fourth-order valence-corrected chi connectivity index (χ4v) is 3.68. The Hall–Kier alpha value is -1.61. The molecule has 1 heterocycles. The molecule has 1 aliphatic rings. The molecule has 1 aromatic rings. The van der Waals surface area contributed by atoms with Crippen LogP contribution in [0.1, 0.15) is 18.4 Å². The first-order valence-corrected chi connectivity index (χ1v) is 7.69. The molecule has 0 radical (unpaired) electrons. The van der Waals surface area contributed by atoms with Gasteiger partial charge in [-0.15, -0.1) is 0 Å². The Morgan fingerprint density at radius 2 is 2.17 bits per heavy atom. The molecule has 0 saturated heterocycles. The molecule has 0 aliphatic heterocycles. The van der Waals surface area contributed by atoms with Gasteiger partial charge >= 0.3 is 0 Å². The molecule has 0 N–H and O–H groups in total. The lowest BCUT2D eigenvalue weighted by Crippen LogP contribution is -2.29. The van der Waals surface area contributed by atoms with Crippen molar-refractivity contribution in [1.29, 1.82) is 5.26 Å². The van der Waals surface area contributed by atoms with E-state index in [0.717, 1.165) is 12.8 Å². The standard InChI is InChI=1S/C12H14N2O3S/c1-18(16,17)9-12(4-5-12)8-14-6-2-3-10(7-13)11(14)15/h2-3,6H,4-5,8-9H2,1H3.